The van der Waals surface area contributed by atoms with Crippen LogP contribution in [0.4, 0.5) is 10.5 Å². The van der Waals surface area contributed by atoms with Crippen molar-refractivity contribution in [2.24, 2.45) is 0 Å². The molecule has 1 aromatic carbocycles. The monoisotopic (exact) mass is 305 g/mol. The number of rotatable bonds is 6. The number of ether oxygens (including phenoxy) is 1. The van der Waals surface area contributed by atoms with Crippen LogP contribution in [0, 0.1) is 0 Å². The molecule has 122 valence electrons. The van der Waals surface area contributed by atoms with Gasteiger partial charge in [0.2, 0.25) is 0 Å². The molecule has 0 radical (unpaired) electrons. The fourth-order valence-electron chi connectivity index (χ4n) is 2.82. The average molecular weight is 305 g/mol. The number of carbonyl (C=O) groups is 1. The maximum atomic E-state index is 11.8. The molecule has 2 N–H and O–H groups in total. The van der Waals surface area contributed by atoms with Crippen LogP contribution >= 0.6 is 0 Å². The first kappa shape index (κ1) is 16.6. The van der Waals surface area contributed by atoms with Crippen LogP contribution < -0.4 is 15.4 Å². The Morgan fingerprint density at radius 2 is 2.09 bits per heavy atom. The van der Waals surface area contributed by atoms with Crippen molar-refractivity contribution in [1.82, 2.24) is 10.2 Å². The molecular weight excluding hydrogens is 278 g/mol. The lowest BCUT2D eigenvalue weighted by atomic mass is 10.0. The molecule has 0 aromatic heterocycles. The third kappa shape index (κ3) is 5.22. The standard InChI is InChI=1S/C17H27N3O2/c1-14-6-3-4-12-20(14)13-5-11-18-17(21)19-15-7-9-16(22-2)10-8-15/h7-10,14H,3-6,11-13H2,1-2H3,(H2,18,19,21)/t14-/m1/s1. The zero-order valence-electron chi connectivity index (χ0n) is 13.6. The van der Waals surface area contributed by atoms with Crippen LogP contribution in [-0.2, 0) is 0 Å². The molecule has 0 spiro atoms. The second-order valence-electron chi connectivity index (χ2n) is 5.84. The minimum Gasteiger partial charge on any atom is -0.497 e. The number of nitrogens with zero attached hydrogens (tertiary/aromatic N) is 1. The summed E-state index contributed by atoms with van der Waals surface area (Å²) in [7, 11) is 1.62. The van der Waals surface area contributed by atoms with E-state index in [1.807, 2.05) is 24.3 Å². The second-order valence-corrected chi connectivity index (χ2v) is 5.84. The number of methoxy groups -OCH3 is 1. The van der Waals surface area contributed by atoms with Crippen LogP contribution in [0.25, 0.3) is 0 Å². The molecule has 2 amide bonds. The Morgan fingerprint density at radius 3 is 2.77 bits per heavy atom. The normalized spacial score (nSPS) is 18.7. The van der Waals surface area contributed by atoms with E-state index < -0.39 is 0 Å². The molecule has 1 saturated heterocycles. The van der Waals surface area contributed by atoms with E-state index in [2.05, 4.69) is 22.5 Å². The van der Waals surface area contributed by atoms with Crippen LogP contribution in [0.2, 0.25) is 0 Å². The molecule has 1 aliphatic heterocycles. The summed E-state index contributed by atoms with van der Waals surface area (Å²) < 4.78 is 5.09. The number of piperidine rings is 1. The van der Waals surface area contributed by atoms with Crippen molar-refractivity contribution in [2.75, 3.05) is 32.1 Å². The van der Waals surface area contributed by atoms with Gasteiger partial charge in [0.05, 0.1) is 7.11 Å². The summed E-state index contributed by atoms with van der Waals surface area (Å²) in [6, 6.07) is 7.83. The summed E-state index contributed by atoms with van der Waals surface area (Å²) in [6.07, 6.45) is 4.93. The van der Waals surface area contributed by atoms with Gasteiger partial charge < -0.3 is 20.3 Å². The fourth-order valence-corrected chi connectivity index (χ4v) is 2.82. The molecule has 1 fully saturated rings. The van der Waals surface area contributed by atoms with E-state index in [4.69, 9.17) is 4.74 Å². The predicted molar refractivity (Wildman–Crippen MR) is 89.5 cm³/mol. The van der Waals surface area contributed by atoms with Gasteiger partial charge in [-0.2, -0.15) is 0 Å². The second kappa shape index (κ2) is 8.63. The van der Waals surface area contributed by atoms with Crippen LogP contribution in [-0.4, -0.2) is 43.7 Å². The summed E-state index contributed by atoms with van der Waals surface area (Å²) in [4.78, 5) is 14.3. The molecule has 1 aromatic rings. The van der Waals surface area contributed by atoms with Gasteiger partial charge in [0.1, 0.15) is 5.75 Å². The van der Waals surface area contributed by atoms with Gasteiger partial charge in [0.15, 0.2) is 0 Å². The quantitative estimate of drug-likeness (QED) is 0.794. The molecule has 1 aliphatic rings. The highest BCUT2D eigenvalue weighted by molar-refractivity contribution is 5.89. The van der Waals surface area contributed by atoms with Gasteiger partial charge in [0.25, 0.3) is 0 Å². The fraction of sp³-hybridized carbons (Fsp3) is 0.588. The zero-order chi connectivity index (χ0) is 15.8. The Morgan fingerprint density at radius 1 is 1.32 bits per heavy atom. The van der Waals surface area contributed by atoms with Gasteiger partial charge in [-0.1, -0.05) is 6.42 Å². The largest absolute Gasteiger partial charge is 0.497 e. The number of urea groups is 1. The molecule has 0 aliphatic carbocycles. The third-order valence-electron chi connectivity index (χ3n) is 4.20. The molecule has 22 heavy (non-hydrogen) atoms. The minimum atomic E-state index is -0.156. The lowest BCUT2D eigenvalue weighted by molar-refractivity contribution is 0.159. The van der Waals surface area contributed by atoms with E-state index in [9.17, 15) is 4.79 Å². The average Bonchev–Trinajstić information content (AvgIpc) is 2.54. The van der Waals surface area contributed by atoms with Gasteiger partial charge in [-0.25, -0.2) is 4.79 Å². The van der Waals surface area contributed by atoms with E-state index in [1.54, 1.807) is 7.11 Å². The topological polar surface area (TPSA) is 53.6 Å². The molecule has 1 atom stereocenters. The SMILES string of the molecule is COc1ccc(NC(=O)NCCCN2CCCC[C@H]2C)cc1. The van der Waals surface area contributed by atoms with Gasteiger partial charge in [-0.15, -0.1) is 0 Å². The number of hydrogen-bond donors (Lipinski definition) is 2. The maximum absolute atomic E-state index is 11.8. The van der Waals surface area contributed by atoms with E-state index in [1.165, 1.54) is 25.8 Å². The Hall–Kier alpha value is -1.75. The molecular formula is C17H27N3O2. The number of amides is 2. The first-order valence-corrected chi connectivity index (χ1v) is 8.12. The Labute approximate surface area is 133 Å². The highest BCUT2D eigenvalue weighted by Gasteiger charge is 2.17. The molecule has 0 unspecified atom stereocenters. The number of nitrogens with one attached hydrogen (secondary N) is 2. The summed E-state index contributed by atoms with van der Waals surface area (Å²) in [5.74, 6) is 0.779. The van der Waals surface area contributed by atoms with Crippen molar-refractivity contribution in [3.63, 3.8) is 0 Å². The van der Waals surface area contributed by atoms with Crippen LogP contribution in [0.15, 0.2) is 24.3 Å². The Kier molecular flexibility index (Phi) is 6.52. The summed E-state index contributed by atoms with van der Waals surface area (Å²) in [5.41, 5.74) is 0.767. The van der Waals surface area contributed by atoms with Gasteiger partial charge >= 0.3 is 6.03 Å². The Balaban J connectivity index is 1.62. The van der Waals surface area contributed by atoms with E-state index in [0.29, 0.717) is 12.6 Å². The van der Waals surface area contributed by atoms with Crippen molar-refractivity contribution in [3.8, 4) is 5.75 Å². The molecule has 2 rings (SSSR count). The zero-order valence-corrected chi connectivity index (χ0v) is 13.6. The number of carbonyl (C=O) groups excluding carboxylic acids is 1. The maximum Gasteiger partial charge on any atom is 0.319 e. The van der Waals surface area contributed by atoms with Crippen molar-refractivity contribution in [2.45, 2.75) is 38.6 Å². The van der Waals surface area contributed by atoms with Gasteiger partial charge in [-0.3, -0.25) is 0 Å². The van der Waals surface area contributed by atoms with Crippen molar-refractivity contribution >= 4 is 11.7 Å². The third-order valence-corrected chi connectivity index (χ3v) is 4.20. The number of anilines is 1. The molecule has 5 heteroatoms. The molecule has 1 heterocycles. The van der Waals surface area contributed by atoms with E-state index in [0.717, 1.165) is 24.4 Å². The minimum absolute atomic E-state index is 0.156. The highest BCUT2D eigenvalue weighted by atomic mass is 16.5. The smallest absolute Gasteiger partial charge is 0.319 e. The summed E-state index contributed by atoms with van der Waals surface area (Å²) >= 11 is 0. The van der Waals surface area contributed by atoms with Crippen molar-refractivity contribution in [1.29, 1.82) is 0 Å². The first-order valence-electron chi connectivity index (χ1n) is 8.12. The predicted octanol–water partition coefficient (Wildman–Crippen LogP) is 3.08. The van der Waals surface area contributed by atoms with Gasteiger partial charge in [0, 0.05) is 24.8 Å². The van der Waals surface area contributed by atoms with Gasteiger partial charge in [-0.05, 0) is 57.0 Å². The van der Waals surface area contributed by atoms with Crippen LogP contribution in [0.5, 0.6) is 5.75 Å². The van der Waals surface area contributed by atoms with Crippen molar-refractivity contribution < 1.29 is 9.53 Å². The highest BCUT2D eigenvalue weighted by Crippen LogP contribution is 2.16. The first-order chi connectivity index (χ1) is 10.7. The molecule has 0 saturated carbocycles. The lowest BCUT2D eigenvalue weighted by Gasteiger charge is -2.33. The van der Waals surface area contributed by atoms with Crippen LogP contribution in [0.3, 0.4) is 0 Å². The van der Waals surface area contributed by atoms with E-state index >= 15 is 0 Å². The number of likely N-dealkylation sites (tertiary alicyclic amines) is 1. The lowest BCUT2D eigenvalue weighted by Crippen LogP contribution is -2.39. The summed E-state index contributed by atoms with van der Waals surface area (Å²) in [5, 5.41) is 5.73. The summed E-state index contributed by atoms with van der Waals surface area (Å²) in [6.45, 7) is 5.25. The number of hydrogen-bond acceptors (Lipinski definition) is 3. The van der Waals surface area contributed by atoms with Crippen LogP contribution in [0.1, 0.15) is 32.6 Å². The Bertz CT molecular complexity index is 461. The number of benzene rings is 1. The molecule has 0 bridgehead atoms. The molecule has 5 nitrogen and oxygen atoms in total. The van der Waals surface area contributed by atoms with E-state index in [-0.39, 0.29) is 6.03 Å². The van der Waals surface area contributed by atoms with Crippen molar-refractivity contribution in [3.05, 3.63) is 24.3 Å².